The Kier molecular flexibility index (Phi) is 8.60. The average molecular weight is 494 g/mol. The molecule has 0 unspecified atom stereocenters. The SMILES string of the molecule is CC[C@H](C(=O)NC1CCCCC1)N(Cc1ccccc1C)C(=O)CCN1C(=O)[C@H]2CC=CC[C@H]2C1=O. The Morgan fingerprint density at radius 1 is 1.03 bits per heavy atom. The quantitative estimate of drug-likeness (QED) is 0.418. The van der Waals surface area contributed by atoms with Gasteiger partial charge in [-0.1, -0.05) is 62.6 Å². The van der Waals surface area contributed by atoms with Gasteiger partial charge in [0.15, 0.2) is 0 Å². The molecule has 1 saturated carbocycles. The average Bonchev–Trinajstić information content (AvgIpc) is 3.13. The molecule has 4 amide bonds. The van der Waals surface area contributed by atoms with Crippen molar-refractivity contribution in [2.24, 2.45) is 11.8 Å². The fourth-order valence-electron chi connectivity index (χ4n) is 5.88. The lowest BCUT2D eigenvalue weighted by atomic mass is 9.85. The van der Waals surface area contributed by atoms with E-state index >= 15 is 0 Å². The molecule has 1 aromatic carbocycles. The van der Waals surface area contributed by atoms with Gasteiger partial charge >= 0.3 is 0 Å². The molecular formula is C29H39N3O4. The van der Waals surface area contributed by atoms with Crippen molar-refractivity contribution in [1.82, 2.24) is 15.1 Å². The second-order valence-electron chi connectivity index (χ2n) is 10.4. The van der Waals surface area contributed by atoms with Crippen LogP contribution in [0.15, 0.2) is 36.4 Å². The van der Waals surface area contributed by atoms with E-state index in [0.29, 0.717) is 25.8 Å². The lowest BCUT2D eigenvalue weighted by Crippen LogP contribution is -2.52. The number of imide groups is 1. The molecule has 2 fully saturated rings. The third kappa shape index (κ3) is 5.71. The van der Waals surface area contributed by atoms with Gasteiger partial charge in [0.05, 0.1) is 11.8 Å². The van der Waals surface area contributed by atoms with E-state index in [1.165, 1.54) is 11.3 Å². The van der Waals surface area contributed by atoms with Crippen LogP contribution in [0.3, 0.4) is 0 Å². The molecular weight excluding hydrogens is 454 g/mol. The minimum atomic E-state index is -0.601. The first-order chi connectivity index (χ1) is 17.4. The van der Waals surface area contributed by atoms with Crippen LogP contribution in [0.4, 0.5) is 0 Å². The molecule has 36 heavy (non-hydrogen) atoms. The summed E-state index contributed by atoms with van der Waals surface area (Å²) >= 11 is 0. The number of amides is 4. The minimum Gasteiger partial charge on any atom is -0.352 e. The number of fused-ring (bicyclic) bond motifs is 1. The number of nitrogens with zero attached hydrogens (tertiary/aromatic N) is 2. The van der Waals surface area contributed by atoms with Crippen molar-refractivity contribution in [2.75, 3.05) is 6.54 Å². The van der Waals surface area contributed by atoms with Crippen molar-refractivity contribution >= 4 is 23.6 Å². The summed E-state index contributed by atoms with van der Waals surface area (Å²) in [6, 6.07) is 7.43. The van der Waals surface area contributed by atoms with Gasteiger partial charge < -0.3 is 10.2 Å². The molecule has 3 aliphatic rings. The summed E-state index contributed by atoms with van der Waals surface area (Å²) in [5.41, 5.74) is 2.04. The van der Waals surface area contributed by atoms with Crippen molar-refractivity contribution in [3.05, 3.63) is 47.5 Å². The molecule has 1 aromatic rings. The number of aryl methyl sites for hydroxylation is 1. The zero-order valence-corrected chi connectivity index (χ0v) is 21.6. The molecule has 7 heteroatoms. The van der Waals surface area contributed by atoms with E-state index in [2.05, 4.69) is 5.32 Å². The number of allylic oxidation sites excluding steroid dienone is 2. The van der Waals surface area contributed by atoms with Gasteiger partial charge in [-0.2, -0.15) is 0 Å². The van der Waals surface area contributed by atoms with E-state index in [9.17, 15) is 19.2 Å². The summed E-state index contributed by atoms with van der Waals surface area (Å²) < 4.78 is 0. The maximum Gasteiger partial charge on any atom is 0.243 e. The third-order valence-electron chi connectivity index (χ3n) is 8.09. The van der Waals surface area contributed by atoms with Crippen molar-refractivity contribution in [2.45, 2.75) is 90.3 Å². The van der Waals surface area contributed by atoms with Gasteiger partial charge in [-0.3, -0.25) is 24.1 Å². The maximum atomic E-state index is 13.6. The first-order valence-electron chi connectivity index (χ1n) is 13.5. The number of carbonyl (C=O) groups is 4. The van der Waals surface area contributed by atoms with Crippen LogP contribution in [-0.4, -0.2) is 52.1 Å². The number of benzene rings is 1. The molecule has 7 nitrogen and oxygen atoms in total. The maximum absolute atomic E-state index is 13.6. The number of likely N-dealkylation sites (tertiary alicyclic amines) is 1. The van der Waals surface area contributed by atoms with Crippen molar-refractivity contribution in [3.8, 4) is 0 Å². The van der Waals surface area contributed by atoms with E-state index in [1.807, 2.05) is 50.3 Å². The van der Waals surface area contributed by atoms with Crippen LogP contribution < -0.4 is 5.32 Å². The molecule has 2 aliphatic carbocycles. The molecule has 4 rings (SSSR count). The monoisotopic (exact) mass is 493 g/mol. The molecule has 0 spiro atoms. The zero-order chi connectivity index (χ0) is 25.7. The Balaban J connectivity index is 1.48. The molecule has 0 aromatic heterocycles. The first-order valence-corrected chi connectivity index (χ1v) is 13.5. The van der Waals surface area contributed by atoms with Gasteiger partial charge in [-0.15, -0.1) is 0 Å². The van der Waals surface area contributed by atoms with Crippen molar-refractivity contribution in [3.63, 3.8) is 0 Å². The van der Waals surface area contributed by atoms with E-state index in [-0.39, 0.29) is 54.5 Å². The number of nitrogens with one attached hydrogen (secondary N) is 1. The second-order valence-corrected chi connectivity index (χ2v) is 10.4. The van der Waals surface area contributed by atoms with Gasteiger partial charge in [-0.25, -0.2) is 0 Å². The molecule has 1 N–H and O–H groups in total. The highest BCUT2D eigenvalue weighted by Crippen LogP contribution is 2.35. The van der Waals surface area contributed by atoms with Crippen LogP contribution in [0.2, 0.25) is 0 Å². The van der Waals surface area contributed by atoms with Crippen LogP contribution in [0.25, 0.3) is 0 Å². The summed E-state index contributed by atoms with van der Waals surface area (Å²) in [6.45, 7) is 4.31. The zero-order valence-electron chi connectivity index (χ0n) is 21.6. The Morgan fingerprint density at radius 2 is 1.67 bits per heavy atom. The lowest BCUT2D eigenvalue weighted by Gasteiger charge is -2.33. The minimum absolute atomic E-state index is 0.0173. The van der Waals surface area contributed by atoms with Crippen LogP contribution in [-0.2, 0) is 25.7 Å². The number of hydrogen-bond donors (Lipinski definition) is 1. The highest BCUT2D eigenvalue weighted by Gasteiger charge is 2.47. The van der Waals surface area contributed by atoms with Crippen molar-refractivity contribution in [1.29, 1.82) is 0 Å². The highest BCUT2D eigenvalue weighted by molar-refractivity contribution is 6.05. The summed E-state index contributed by atoms with van der Waals surface area (Å²) in [5, 5.41) is 3.19. The first kappa shape index (κ1) is 26.1. The van der Waals surface area contributed by atoms with E-state index in [1.54, 1.807) is 4.90 Å². The summed E-state index contributed by atoms with van der Waals surface area (Å²) in [5.74, 6) is -1.27. The topological polar surface area (TPSA) is 86.8 Å². The fraction of sp³-hybridized carbons (Fsp3) is 0.586. The fourth-order valence-corrected chi connectivity index (χ4v) is 5.88. The number of carbonyl (C=O) groups excluding carboxylic acids is 4. The largest absolute Gasteiger partial charge is 0.352 e. The van der Waals surface area contributed by atoms with Crippen LogP contribution in [0.5, 0.6) is 0 Å². The number of rotatable bonds is 9. The Hall–Kier alpha value is -2.96. The normalized spacial score (nSPS) is 22.9. The van der Waals surface area contributed by atoms with Crippen molar-refractivity contribution < 1.29 is 19.2 Å². The predicted molar refractivity (Wildman–Crippen MR) is 138 cm³/mol. The lowest BCUT2D eigenvalue weighted by molar-refractivity contribution is -0.144. The predicted octanol–water partition coefficient (Wildman–Crippen LogP) is 3.89. The van der Waals surface area contributed by atoms with Gasteiger partial charge in [0.1, 0.15) is 6.04 Å². The summed E-state index contributed by atoms with van der Waals surface area (Å²) in [4.78, 5) is 55.7. The van der Waals surface area contributed by atoms with Crippen LogP contribution >= 0.6 is 0 Å². The number of hydrogen-bond acceptors (Lipinski definition) is 4. The molecule has 1 aliphatic heterocycles. The van der Waals surface area contributed by atoms with Gasteiger partial charge in [0.25, 0.3) is 0 Å². The van der Waals surface area contributed by atoms with Gasteiger partial charge in [0, 0.05) is 25.6 Å². The Morgan fingerprint density at radius 3 is 2.28 bits per heavy atom. The molecule has 0 radical (unpaired) electrons. The van der Waals surface area contributed by atoms with E-state index in [4.69, 9.17) is 0 Å². The van der Waals surface area contributed by atoms with Gasteiger partial charge in [-0.05, 0) is 50.2 Å². The Labute approximate surface area is 214 Å². The van der Waals surface area contributed by atoms with Crippen LogP contribution in [0, 0.1) is 18.8 Å². The van der Waals surface area contributed by atoms with E-state index in [0.717, 1.165) is 36.8 Å². The standard InChI is InChI=1S/C29H39N3O4/c1-3-25(27(34)30-22-13-5-4-6-14-22)32(19-21-12-8-7-11-20(21)2)26(33)17-18-31-28(35)23-15-9-10-16-24(23)29(31)36/h7-12,22-25H,3-6,13-19H2,1-2H3,(H,30,34)/t23-,24+,25-/m1/s1. The van der Waals surface area contributed by atoms with Gasteiger partial charge in [0.2, 0.25) is 23.6 Å². The molecule has 1 heterocycles. The molecule has 194 valence electrons. The summed E-state index contributed by atoms with van der Waals surface area (Å²) in [7, 11) is 0. The Bertz CT molecular complexity index is 988. The van der Waals surface area contributed by atoms with E-state index < -0.39 is 6.04 Å². The third-order valence-corrected chi connectivity index (χ3v) is 8.09. The smallest absolute Gasteiger partial charge is 0.243 e. The molecule has 3 atom stereocenters. The molecule has 1 saturated heterocycles. The highest BCUT2D eigenvalue weighted by atomic mass is 16.2. The second kappa shape index (κ2) is 11.8. The van der Waals surface area contributed by atoms with Crippen LogP contribution in [0.1, 0.15) is 75.8 Å². The summed E-state index contributed by atoms with van der Waals surface area (Å²) in [6.07, 6.45) is 11.0. The molecule has 0 bridgehead atoms.